The summed E-state index contributed by atoms with van der Waals surface area (Å²) < 4.78 is 10.8. The highest BCUT2D eigenvalue weighted by atomic mass is 16.5. The third kappa shape index (κ3) is 3.17. The first-order chi connectivity index (χ1) is 7.70. The molecule has 0 bridgehead atoms. The van der Waals surface area contributed by atoms with E-state index in [0.29, 0.717) is 11.5 Å². The predicted octanol–water partition coefficient (Wildman–Crippen LogP) is 0.333. The molecule has 0 unspecified atom stereocenters. The van der Waals surface area contributed by atoms with Gasteiger partial charge in [0.1, 0.15) is 0 Å². The van der Waals surface area contributed by atoms with Gasteiger partial charge in [0.05, 0.1) is 26.4 Å². The van der Waals surface area contributed by atoms with Crippen LogP contribution < -0.4 is 5.32 Å². The Hall–Kier alpha value is -0.160. The van der Waals surface area contributed by atoms with E-state index in [0.717, 1.165) is 52.6 Å². The SMILES string of the molecule is CC(C)NCC1(CN2CCOCC2)COC1. The number of nitrogens with zero attached hydrogens (tertiary/aromatic N) is 1. The van der Waals surface area contributed by atoms with Crippen LogP contribution in [0.4, 0.5) is 0 Å². The van der Waals surface area contributed by atoms with Crippen LogP contribution in [0.25, 0.3) is 0 Å². The lowest BCUT2D eigenvalue weighted by Gasteiger charge is -2.45. The average molecular weight is 228 g/mol. The molecule has 94 valence electrons. The molecule has 2 rings (SSSR count). The highest BCUT2D eigenvalue weighted by molar-refractivity contribution is 4.91. The minimum atomic E-state index is 0.349. The molecule has 2 aliphatic rings. The molecule has 0 spiro atoms. The van der Waals surface area contributed by atoms with Gasteiger partial charge in [-0.05, 0) is 0 Å². The largest absolute Gasteiger partial charge is 0.380 e. The zero-order chi connectivity index (χ0) is 11.4. The highest BCUT2D eigenvalue weighted by Crippen LogP contribution is 2.28. The van der Waals surface area contributed by atoms with Crippen molar-refractivity contribution in [3.8, 4) is 0 Å². The Bertz CT molecular complexity index is 211. The fraction of sp³-hybridized carbons (Fsp3) is 1.00. The zero-order valence-corrected chi connectivity index (χ0v) is 10.5. The smallest absolute Gasteiger partial charge is 0.0594 e. The second-order valence-electron chi connectivity index (χ2n) is 5.42. The van der Waals surface area contributed by atoms with E-state index in [1.807, 2.05) is 0 Å². The fourth-order valence-electron chi connectivity index (χ4n) is 2.29. The number of nitrogens with one attached hydrogen (secondary N) is 1. The molecule has 4 nitrogen and oxygen atoms in total. The Morgan fingerprint density at radius 2 is 1.88 bits per heavy atom. The molecule has 0 amide bonds. The lowest BCUT2D eigenvalue weighted by Crippen LogP contribution is -2.58. The summed E-state index contributed by atoms with van der Waals surface area (Å²) in [6.07, 6.45) is 0. The van der Waals surface area contributed by atoms with Crippen molar-refractivity contribution in [2.45, 2.75) is 19.9 Å². The van der Waals surface area contributed by atoms with Gasteiger partial charge in [-0.3, -0.25) is 4.90 Å². The van der Waals surface area contributed by atoms with E-state index in [9.17, 15) is 0 Å². The third-order valence-electron chi connectivity index (χ3n) is 3.36. The monoisotopic (exact) mass is 228 g/mol. The molecule has 0 aromatic rings. The van der Waals surface area contributed by atoms with Gasteiger partial charge in [0.15, 0.2) is 0 Å². The molecule has 1 N–H and O–H groups in total. The summed E-state index contributed by atoms with van der Waals surface area (Å²) in [5, 5.41) is 3.54. The molecule has 2 heterocycles. The summed E-state index contributed by atoms with van der Waals surface area (Å²) in [5.41, 5.74) is 0.349. The maximum atomic E-state index is 5.41. The van der Waals surface area contributed by atoms with Gasteiger partial charge < -0.3 is 14.8 Å². The van der Waals surface area contributed by atoms with E-state index in [1.165, 1.54) is 0 Å². The van der Waals surface area contributed by atoms with Crippen LogP contribution in [0.3, 0.4) is 0 Å². The van der Waals surface area contributed by atoms with E-state index in [2.05, 4.69) is 24.1 Å². The average Bonchev–Trinajstić information content (AvgIpc) is 2.23. The van der Waals surface area contributed by atoms with E-state index in [1.54, 1.807) is 0 Å². The van der Waals surface area contributed by atoms with Gasteiger partial charge in [-0.2, -0.15) is 0 Å². The first-order valence-electron chi connectivity index (χ1n) is 6.31. The van der Waals surface area contributed by atoms with Crippen molar-refractivity contribution in [1.29, 1.82) is 0 Å². The van der Waals surface area contributed by atoms with Crippen LogP contribution in [0.1, 0.15) is 13.8 Å². The maximum Gasteiger partial charge on any atom is 0.0594 e. The third-order valence-corrected chi connectivity index (χ3v) is 3.36. The molecule has 0 aromatic carbocycles. The highest BCUT2D eigenvalue weighted by Gasteiger charge is 2.40. The summed E-state index contributed by atoms with van der Waals surface area (Å²) in [5.74, 6) is 0. The van der Waals surface area contributed by atoms with E-state index < -0.39 is 0 Å². The van der Waals surface area contributed by atoms with Crippen molar-refractivity contribution in [2.75, 3.05) is 52.6 Å². The summed E-state index contributed by atoms with van der Waals surface area (Å²) >= 11 is 0. The van der Waals surface area contributed by atoms with Crippen molar-refractivity contribution in [3.63, 3.8) is 0 Å². The molecule has 4 heteroatoms. The predicted molar refractivity (Wildman–Crippen MR) is 63.6 cm³/mol. The number of ether oxygens (including phenoxy) is 2. The molecule has 0 aliphatic carbocycles. The van der Waals surface area contributed by atoms with E-state index in [-0.39, 0.29) is 0 Å². The van der Waals surface area contributed by atoms with E-state index in [4.69, 9.17) is 9.47 Å². The lowest BCUT2D eigenvalue weighted by atomic mass is 9.84. The minimum Gasteiger partial charge on any atom is -0.380 e. The molecule has 0 radical (unpaired) electrons. The Morgan fingerprint density at radius 3 is 2.38 bits per heavy atom. The zero-order valence-electron chi connectivity index (χ0n) is 10.5. The molecule has 2 fully saturated rings. The standard InChI is InChI=1S/C12H24N2O2/c1-11(2)13-7-12(9-16-10-12)8-14-3-5-15-6-4-14/h11,13H,3-10H2,1-2H3. The van der Waals surface area contributed by atoms with Crippen molar-refractivity contribution in [2.24, 2.45) is 5.41 Å². The van der Waals surface area contributed by atoms with Gasteiger partial charge in [-0.25, -0.2) is 0 Å². The van der Waals surface area contributed by atoms with E-state index >= 15 is 0 Å². The fourth-order valence-corrected chi connectivity index (χ4v) is 2.29. The summed E-state index contributed by atoms with van der Waals surface area (Å²) in [6.45, 7) is 12.3. The van der Waals surface area contributed by atoms with Crippen molar-refractivity contribution in [1.82, 2.24) is 10.2 Å². The van der Waals surface area contributed by atoms with Crippen molar-refractivity contribution >= 4 is 0 Å². The van der Waals surface area contributed by atoms with Crippen LogP contribution in [0, 0.1) is 5.41 Å². The van der Waals surface area contributed by atoms with Crippen LogP contribution in [-0.2, 0) is 9.47 Å². The number of morpholine rings is 1. The molecule has 2 aliphatic heterocycles. The van der Waals surface area contributed by atoms with Gasteiger partial charge in [-0.1, -0.05) is 13.8 Å². The van der Waals surface area contributed by atoms with Gasteiger partial charge in [-0.15, -0.1) is 0 Å². The maximum absolute atomic E-state index is 5.41. The second-order valence-corrected chi connectivity index (χ2v) is 5.42. The van der Waals surface area contributed by atoms with Crippen LogP contribution in [0.5, 0.6) is 0 Å². The van der Waals surface area contributed by atoms with Crippen molar-refractivity contribution < 1.29 is 9.47 Å². The number of rotatable bonds is 5. The minimum absolute atomic E-state index is 0.349. The van der Waals surface area contributed by atoms with Crippen LogP contribution in [-0.4, -0.2) is 63.5 Å². The number of hydrogen-bond acceptors (Lipinski definition) is 4. The van der Waals surface area contributed by atoms with Gasteiger partial charge in [0, 0.05) is 37.6 Å². The van der Waals surface area contributed by atoms with Gasteiger partial charge in [0.2, 0.25) is 0 Å². The van der Waals surface area contributed by atoms with Gasteiger partial charge in [0.25, 0.3) is 0 Å². The Labute approximate surface area is 98.3 Å². The topological polar surface area (TPSA) is 33.7 Å². The van der Waals surface area contributed by atoms with Crippen LogP contribution in [0.2, 0.25) is 0 Å². The first-order valence-corrected chi connectivity index (χ1v) is 6.31. The normalized spacial score (nSPS) is 25.7. The number of hydrogen-bond donors (Lipinski definition) is 1. The van der Waals surface area contributed by atoms with Crippen molar-refractivity contribution in [3.05, 3.63) is 0 Å². The van der Waals surface area contributed by atoms with Crippen LogP contribution in [0.15, 0.2) is 0 Å². The Balaban J connectivity index is 1.78. The molecule has 16 heavy (non-hydrogen) atoms. The Morgan fingerprint density at radius 1 is 1.19 bits per heavy atom. The summed E-state index contributed by atoms with van der Waals surface area (Å²) in [7, 11) is 0. The lowest BCUT2D eigenvalue weighted by molar-refractivity contribution is -0.131. The molecular weight excluding hydrogens is 204 g/mol. The first kappa shape index (κ1) is 12.3. The molecular formula is C12H24N2O2. The quantitative estimate of drug-likeness (QED) is 0.735. The molecule has 0 saturated carbocycles. The second kappa shape index (κ2) is 5.45. The summed E-state index contributed by atoms with van der Waals surface area (Å²) in [6, 6.07) is 0.558. The Kier molecular flexibility index (Phi) is 4.19. The van der Waals surface area contributed by atoms with Crippen LogP contribution >= 0.6 is 0 Å². The molecule has 2 saturated heterocycles. The molecule has 0 atom stereocenters. The molecule has 0 aromatic heterocycles. The van der Waals surface area contributed by atoms with Gasteiger partial charge >= 0.3 is 0 Å². The summed E-state index contributed by atoms with van der Waals surface area (Å²) in [4.78, 5) is 2.51.